The number of benzene rings is 1. The zero-order valence-electron chi connectivity index (χ0n) is 14.2. The van der Waals surface area contributed by atoms with Gasteiger partial charge in [0.2, 0.25) is 0 Å². The van der Waals surface area contributed by atoms with Crippen molar-refractivity contribution in [1.82, 2.24) is 4.90 Å². The van der Waals surface area contributed by atoms with Gasteiger partial charge in [-0.2, -0.15) is 0 Å². The van der Waals surface area contributed by atoms with Crippen LogP contribution in [-0.2, 0) is 9.59 Å². The van der Waals surface area contributed by atoms with Crippen LogP contribution in [0.2, 0.25) is 0 Å². The molecular formula is C17H22N2O6. The van der Waals surface area contributed by atoms with E-state index in [1.807, 2.05) is 6.92 Å². The molecule has 0 bridgehead atoms. The lowest BCUT2D eigenvalue weighted by molar-refractivity contribution is -0.145. The van der Waals surface area contributed by atoms with E-state index in [9.17, 15) is 19.5 Å². The molecule has 0 radical (unpaired) electrons. The Kier molecular flexibility index (Phi) is 5.84. The lowest BCUT2D eigenvalue weighted by Gasteiger charge is -2.37. The Hall–Kier alpha value is -2.77. The average molecular weight is 350 g/mol. The third kappa shape index (κ3) is 4.20. The summed E-state index contributed by atoms with van der Waals surface area (Å²) in [6.07, 6.45) is 1.53. The van der Waals surface area contributed by atoms with Crippen LogP contribution < -0.4 is 15.2 Å². The highest BCUT2D eigenvalue weighted by molar-refractivity contribution is 5.97. The number of carboxylic acid groups (broad SMARTS) is 1. The average Bonchev–Trinajstić information content (AvgIpc) is 2.58. The minimum Gasteiger partial charge on any atom is -0.493 e. The summed E-state index contributed by atoms with van der Waals surface area (Å²) >= 11 is 0. The molecule has 1 fully saturated rings. The molecule has 1 aromatic rings. The molecule has 1 saturated heterocycles. The van der Waals surface area contributed by atoms with Gasteiger partial charge in [0.05, 0.1) is 7.11 Å². The van der Waals surface area contributed by atoms with Gasteiger partial charge in [0.25, 0.3) is 11.8 Å². The van der Waals surface area contributed by atoms with E-state index in [-0.39, 0.29) is 29.9 Å². The van der Waals surface area contributed by atoms with Gasteiger partial charge in [-0.3, -0.25) is 9.59 Å². The Bertz CT molecular complexity index is 675. The van der Waals surface area contributed by atoms with Crippen LogP contribution in [0.15, 0.2) is 18.2 Å². The molecular weight excluding hydrogens is 328 g/mol. The molecule has 1 aliphatic rings. The van der Waals surface area contributed by atoms with Gasteiger partial charge in [0.15, 0.2) is 18.1 Å². The largest absolute Gasteiger partial charge is 0.493 e. The highest BCUT2D eigenvalue weighted by atomic mass is 16.5. The fourth-order valence-corrected chi connectivity index (χ4v) is 3.03. The van der Waals surface area contributed by atoms with Crippen molar-refractivity contribution in [2.75, 3.05) is 20.3 Å². The number of rotatable bonds is 6. The van der Waals surface area contributed by atoms with E-state index < -0.39 is 17.9 Å². The zero-order valence-corrected chi connectivity index (χ0v) is 14.2. The maximum atomic E-state index is 12.8. The first-order valence-corrected chi connectivity index (χ1v) is 7.98. The topological polar surface area (TPSA) is 119 Å². The van der Waals surface area contributed by atoms with E-state index in [2.05, 4.69) is 0 Å². The van der Waals surface area contributed by atoms with Crippen LogP contribution in [0, 0.1) is 5.92 Å². The number of carbonyl (C=O) groups excluding carboxylic acids is 2. The van der Waals surface area contributed by atoms with Crippen molar-refractivity contribution in [3.05, 3.63) is 23.8 Å². The number of amides is 2. The van der Waals surface area contributed by atoms with Gasteiger partial charge in [0.1, 0.15) is 6.04 Å². The number of methoxy groups -OCH3 is 1. The summed E-state index contributed by atoms with van der Waals surface area (Å²) in [6, 6.07) is 3.63. The maximum Gasteiger partial charge on any atom is 0.326 e. The normalized spacial score (nSPS) is 20.0. The number of hydrogen-bond acceptors (Lipinski definition) is 5. The molecule has 1 aromatic carbocycles. The number of carboxylic acids is 1. The fourth-order valence-electron chi connectivity index (χ4n) is 3.03. The fraction of sp³-hybridized carbons (Fsp3) is 0.471. The van der Waals surface area contributed by atoms with Gasteiger partial charge < -0.3 is 25.2 Å². The molecule has 8 nitrogen and oxygen atoms in total. The second-order valence-electron chi connectivity index (χ2n) is 6.02. The van der Waals surface area contributed by atoms with Crippen molar-refractivity contribution in [3.63, 3.8) is 0 Å². The van der Waals surface area contributed by atoms with Gasteiger partial charge >= 0.3 is 5.97 Å². The standard InChI is InChI=1S/C17H22N2O6/c1-10-4-3-7-19(15(10)17(22)23)16(21)11-5-6-12(13(8-11)24-2)25-9-14(18)20/h5-6,8,10,15H,3-4,7,9H2,1-2H3,(H2,18,20)(H,22,23). The lowest BCUT2D eigenvalue weighted by Crippen LogP contribution is -2.51. The van der Waals surface area contributed by atoms with Crippen LogP contribution in [0.4, 0.5) is 0 Å². The Balaban J connectivity index is 2.26. The molecule has 0 spiro atoms. The zero-order chi connectivity index (χ0) is 18.6. The van der Waals surface area contributed by atoms with Crippen molar-refractivity contribution in [2.24, 2.45) is 11.7 Å². The Morgan fingerprint density at radius 2 is 2.04 bits per heavy atom. The maximum absolute atomic E-state index is 12.8. The van der Waals surface area contributed by atoms with Crippen LogP contribution in [0.25, 0.3) is 0 Å². The van der Waals surface area contributed by atoms with E-state index in [1.165, 1.54) is 30.2 Å². The number of primary amides is 1. The molecule has 2 unspecified atom stereocenters. The number of piperidine rings is 1. The monoisotopic (exact) mass is 350 g/mol. The lowest BCUT2D eigenvalue weighted by atomic mass is 9.90. The van der Waals surface area contributed by atoms with Crippen LogP contribution in [0.5, 0.6) is 11.5 Å². The van der Waals surface area contributed by atoms with E-state index in [0.29, 0.717) is 12.1 Å². The van der Waals surface area contributed by atoms with Crippen LogP contribution in [0.3, 0.4) is 0 Å². The van der Waals surface area contributed by atoms with Gasteiger partial charge in [-0.15, -0.1) is 0 Å². The third-order valence-corrected chi connectivity index (χ3v) is 4.23. The minimum absolute atomic E-state index is 0.115. The van der Waals surface area contributed by atoms with E-state index in [4.69, 9.17) is 15.2 Å². The Morgan fingerprint density at radius 1 is 1.32 bits per heavy atom. The minimum atomic E-state index is -1.01. The molecule has 25 heavy (non-hydrogen) atoms. The third-order valence-electron chi connectivity index (χ3n) is 4.23. The smallest absolute Gasteiger partial charge is 0.326 e. The second-order valence-corrected chi connectivity index (χ2v) is 6.02. The van der Waals surface area contributed by atoms with Crippen molar-refractivity contribution < 1.29 is 29.0 Å². The molecule has 1 heterocycles. The first-order valence-electron chi connectivity index (χ1n) is 7.98. The Labute approximate surface area is 145 Å². The first-order chi connectivity index (χ1) is 11.8. The van der Waals surface area contributed by atoms with E-state index >= 15 is 0 Å². The second kappa shape index (κ2) is 7.87. The summed E-state index contributed by atoms with van der Waals surface area (Å²) in [6.45, 7) is 1.91. The number of likely N-dealkylation sites (tertiary alicyclic amines) is 1. The quantitative estimate of drug-likeness (QED) is 0.786. The molecule has 8 heteroatoms. The number of ether oxygens (including phenoxy) is 2. The summed E-state index contributed by atoms with van der Waals surface area (Å²) in [5, 5.41) is 9.46. The number of aliphatic carboxylic acids is 1. The van der Waals surface area contributed by atoms with Crippen molar-refractivity contribution >= 4 is 17.8 Å². The molecule has 3 N–H and O–H groups in total. The molecule has 136 valence electrons. The summed E-state index contributed by atoms with van der Waals surface area (Å²) in [5.41, 5.74) is 5.34. The van der Waals surface area contributed by atoms with Gasteiger partial charge in [0, 0.05) is 12.1 Å². The summed E-state index contributed by atoms with van der Waals surface area (Å²) in [5.74, 6) is -1.58. The summed E-state index contributed by atoms with van der Waals surface area (Å²) in [7, 11) is 1.41. The van der Waals surface area contributed by atoms with Gasteiger partial charge in [-0.05, 0) is 37.0 Å². The highest BCUT2D eigenvalue weighted by Gasteiger charge is 2.37. The predicted octanol–water partition coefficient (Wildman–Crippen LogP) is 0.885. The van der Waals surface area contributed by atoms with Gasteiger partial charge in [-0.1, -0.05) is 6.92 Å². The van der Waals surface area contributed by atoms with Crippen LogP contribution in [0.1, 0.15) is 30.1 Å². The number of nitrogens with two attached hydrogens (primary N) is 1. The number of hydrogen-bond donors (Lipinski definition) is 2. The van der Waals surface area contributed by atoms with E-state index in [1.54, 1.807) is 0 Å². The van der Waals surface area contributed by atoms with Crippen molar-refractivity contribution in [2.45, 2.75) is 25.8 Å². The molecule has 0 saturated carbocycles. The molecule has 0 aliphatic carbocycles. The number of nitrogens with zero attached hydrogens (tertiary/aromatic N) is 1. The molecule has 2 rings (SSSR count). The molecule has 2 amide bonds. The molecule has 2 atom stereocenters. The SMILES string of the molecule is COc1cc(C(=O)N2CCCC(C)C2C(=O)O)ccc1OCC(N)=O. The highest BCUT2D eigenvalue weighted by Crippen LogP contribution is 2.30. The molecule has 0 aromatic heterocycles. The van der Waals surface area contributed by atoms with Gasteiger partial charge in [-0.25, -0.2) is 4.79 Å². The number of carbonyl (C=O) groups is 3. The van der Waals surface area contributed by atoms with Crippen LogP contribution >= 0.6 is 0 Å². The van der Waals surface area contributed by atoms with Crippen LogP contribution in [-0.4, -0.2) is 54.1 Å². The first kappa shape index (κ1) is 18.6. The van der Waals surface area contributed by atoms with Crippen molar-refractivity contribution in [3.8, 4) is 11.5 Å². The summed E-state index contributed by atoms with van der Waals surface area (Å²) < 4.78 is 10.4. The Morgan fingerprint density at radius 3 is 2.64 bits per heavy atom. The predicted molar refractivity (Wildman–Crippen MR) is 88.5 cm³/mol. The van der Waals surface area contributed by atoms with Crippen molar-refractivity contribution in [1.29, 1.82) is 0 Å². The summed E-state index contributed by atoms with van der Waals surface area (Å²) in [4.78, 5) is 36.6. The molecule has 1 aliphatic heterocycles. The van der Waals surface area contributed by atoms with E-state index in [0.717, 1.165) is 12.8 Å².